The zero-order valence-electron chi connectivity index (χ0n) is 12.8. The molecular weight excluding hydrogens is 290 g/mol. The van der Waals surface area contributed by atoms with Crippen molar-refractivity contribution in [2.24, 2.45) is 0 Å². The maximum atomic E-state index is 12.1. The van der Waals surface area contributed by atoms with Crippen LogP contribution in [0.3, 0.4) is 0 Å². The van der Waals surface area contributed by atoms with Crippen LogP contribution in [-0.4, -0.2) is 19.7 Å². The lowest BCUT2D eigenvalue weighted by atomic mass is 10.2. The number of allylic oxidation sites excluding steroid dienone is 2. The van der Waals surface area contributed by atoms with Crippen molar-refractivity contribution in [2.75, 3.05) is 18.7 Å². The van der Waals surface area contributed by atoms with Crippen molar-refractivity contribution in [1.82, 2.24) is 0 Å². The smallest absolute Gasteiger partial charge is 0.250 e. The van der Waals surface area contributed by atoms with Gasteiger partial charge in [-0.1, -0.05) is 42.5 Å². The van der Waals surface area contributed by atoms with Gasteiger partial charge in [0.1, 0.15) is 0 Å². The zero-order chi connectivity index (χ0) is 16.1. The van der Waals surface area contributed by atoms with Crippen LogP contribution >= 0.6 is 0 Å². The van der Waals surface area contributed by atoms with Gasteiger partial charge in [-0.25, -0.2) is 0 Å². The molecule has 1 aliphatic rings. The molecule has 116 valence electrons. The van der Waals surface area contributed by atoms with E-state index < -0.39 is 0 Å². The molecular formula is C19H17NO3. The van der Waals surface area contributed by atoms with E-state index in [9.17, 15) is 4.79 Å². The number of carbonyl (C=O) groups is 1. The minimum Gasteiger partial charge on any atom is -0.454 e. The van der Waals surface area contributed by atoms with Crippen LogP contribution in [0.25, 0.3) is 6.08 Å². The Morgan fingerprint density at radius 1 is 1.04 bits per heavy atom. The van der Waals surface area contributed by atoms with E-state index in [0.29, 0.717) is 0 Å². The summed E-state index contributed by atoms with van der Waals surface area (Å²) in [6.07, 6.45) is 7.01. The normalized spacial score (nSPS) is 12.9. The van der Waals surface area contributed by atoms with E-state index in [4.69, 9.17) is 9.47 Å². The van der Waals surface area contributed by atoms with E-state index >= 15 is 0 Å². The summed E-state index contributed by atoms with van der Waals surface area (Å²) in [7, 11) is 1.75. The third-order valence-electron chi connectivity index (χ3n) is 3.51. The predicted molar refractivity (Wildman–Crippen MR) is 90.6 cm³/mol. The van der Waals surface area contributed by atoms with Crippen LogP contribution < -0.4 is 14.4 Å². The summed E-state index contributed by atoms with van der Waals surface area (Å²) in [6.45, 7) is 0.267. The number of hydrogen-bond acceptors (Lipinski definition) is 3. The van der Waals surface area contributed by atoms with Crippen LogP contribution in [-0.2, 0) is 4.79 Å². The second kappa shape index (κ2) is 6.83. The van der Waals surface area contributed by atoms with Crippen molar-refractivity contribution in [1.29, 1.82) is 0 Å². The lowest BCUT2D eigenvalue weighted by molar-refractivity contribution is -0.113. The van der Waals surface area contributed by atoms with Gasteiger partial charge in [-0.2, -0.15) is 0 Å². The highest BCUT2D eigenvalue weighted by Crippen LogP contribution is 2.32. The summed E-state index contributed by atoms with van der Waals surface area (Å²) < 4.78 is 10.6. The fourth-order valence-electron chi connectivity index (χ4n) is 2.21. The summed E-state index contributed by atoms with van der Waals surface area (Å²) in [5.74, 6) is 1.43. The van der Waals surface area contributed by atoms with Gasteiger partial charge in [-0.3, -0.25) is 4.79 Å². The first-order valence-electron chi connectivity index (χ1n) is 7.31. The highest BCUT2D eigenvalue weighted by atomic mass is 16.7. The van der Waals surface area contributed by atoms with Gasteiger partial charge >= 0.3 is 0 Å². The fourth-order valence-corrected chi connectivity index (χ4v) is 2.21. The van der Waals surface area contributed by atoms with E-state index in [1.165, 1.54) is 6.08 Å². The number of fused-ring (bicyclic) bond motifs is 1. The Morgan fingerprint density at radius 3 is 2.65 bits per heavy atom. The number of carbonyl (C=O) groups excluding carboxylic acids is 1. The monoisotopic (exact) mass is 307 g/mol. The van der Waals surface area contributed by atoms with E-state index in [-0.39, 0.29) is 12.7 Å². The number of likely N-dealkylation sites (N-methyl/N-ethyl adjacent to an activating group) is 1. The van der Waals surface area contributed by atoms with E-state index in [0.717, 1.165) is 22.7 Å². The molecule has 2 aromatic carbocycles. The topological polar surface area (TPSA) is 38.8 Å². The van der Waals surface area contributed by atoms with E-state index in [2.05, 4.69) is 0 Å². The Bertz CT molecular complexity index is 750. The molecule has 4 heteroatoms. The second-order valence-corrected chi connectivity index (χ2v) is 5.06. The average molecular weight is 307 g/mol. The summed E-state index contributed by atoms with van der Waals surface area (Å²) in [4.78, 5) is 13.7. The van der Waals surface area contributed by atoms with Gasteiger partial charge in [-0.15, -0.1) is 0 Å². The number of rotatable bonds is 4. The largest absolute Gasteiger partial charge is 0.454 e. The number of nitrogens with zero attached hydrogens (tertiary/aromatic N) is 1. The van der Waals surface area contributed by atoms with Gasteiger partial charge in [0.2, 0.25) is 6.79 Å². The molecule has 23 heavy (non-hydrogen) atoms. The van der Waals surface area contributed by atoms with Gasteiger partial charge < -0.3 is 14.4 Å². The molecule has 0 aliphatic carbocycles. The van der Waals surface area contributed by atoms with Gasteiger partial charge in [0.15, 0.2) is 11.5 Å². The van der Waals surface area contributed by atoms with Crippen LogP contribution in [0.1, 0.15) is 5.56 Å². The molecule has 0 saturated heterocycles. The SMILES string of the molecule is CN(C(=O)/C=C/C=C/c1ccc2c(c1)OCO2)c1ccccc1. The van der Waals surface area contributed by atoms with Crippen LogP contribution in [0.4, 0.5) is 5.69 Å². The molecule has 0 bridgehead atoms. The maximum Gasteiger partial charge on any atom is 0.250 e. The van der Waals surface area contributed by atoms with Gasteiger partial charge in [0, 0.05) is 18.8 Å². The van der Waals surface area contributed by atoms with Crippen molar-refractivity contribution in [3.63, 3.8) is 0 Å². The van der Waals surface area contributed by atoms with Crippen LogP contribution in [0, 0.1) is 0 Å². The van der Waals surface area contributed by atoms with Crippen LogP contribution in [0.2, 0.25) is 0 Å². The third-order valence-corrected chi connectivity index (χ3v) is 3.51. The molecule has 0 radical (unpaired) electrons. The van der Waals surface area contributed by atoms with Crippen molar-refractivity contribution in [3.8, 4) is 11.5 Å². The van der Waals surface area contributed by atoms with Crippen molar-refractivity contribution >= 4 is 17.7 Å². The average Bonchev–Trinajstić information content (AvgIpc) is 3.06. The quantitative estimate of drug-likeness (QED) is 0.639. The number of anilines is 1. The molecule has 0 unspecified atom stereocenters. The Morgan fingerprint density at radius 2 is 1.83 bits per heavy atom. The first-order chi connectivity index (χ1) is 11.2. The minimum atomic E-state index is -0.0773. The fraction of sp³-hybridized carbons (Fsp3) is 0.105. The van der Waals surface area contributed by atoms with Gasteiger partial charge in [0.05, 0.1) is 0 Å². The molecule has 0 N–H and O–H groups in total. The minimum absolute atomic E-state index is 0.0773. The number of ether oxygens (including phenoxy) is 2. The van der Waals surface area contributed by atoms with Crippen molar-refractivity contribution < 1.29 is 14.3 Å². The molecule has 3 rings (SSSR count). The highest BCUT2D eigenvalue weighted by Gasteiger charge is 2.12. The van der Waals surface area contributed by atoms with Gasteiger partial charge in [-0.05, 0) is 29.8 Å². The molecule has 1 heterocycles. The molecule has 2 aromatic rings. The van der Waals surface area contributed by atoms with E-state index in [1.807, 2.05) is 60.7 Å². The number of amides is 1. The molecule has 0 saturated carbocycles. The highest BCUT2D eigenvalue weighted by molar-refractivity contribution is 6.01. The predicted octanol–water partition coefficient (Wildman–Crippen LogP) is 3.65. The summed E-state index contributed by atoms with van der Waals surface area (Å²) in [6, 6.07) is 15.2. The molecule has 0 aromatic heterocycles. The molecule has 1 amide bonds. The molecule has 4 nitrogen and oxygen atoms in total. The first kappa shape index (κ1) is 14.9. The standard InChI is InChI=1S/C19H17NO3/c1-20(16-8-3-2-4-9-16)19(21)10-6-5-7-15-11-12-17-18(13-15)23-14-22-17/h2-13H,14H2,1H3/b7-5+,10-6+. The molecule has 0 fully saturated rings. The maximum absolute atomic E-state index is 12.1. The lowest BCUT2D eigenvalue weighted by Crippen LogP contribution is -2.23. The number of hydrogen-bond donors (Lipinski definition) is 0. The van der Waals surface area contributed by atoms with Gasteiger partial charge in [0.25, 0.3) is 5.91 Å². The third kappa shape index (κ3) is 3.61. The summed E-state index contributed by atoms with van der Waals surface area (Å²) in [5.41, 5.74) is 1.85. The summed E-state index contributed by atoms with van der Waals surface area (Å²) >= 11 is 0. The Labute approximate surface area is 135 Å². The molecule has 1 aliphatic heterocycles. The van der Waals surface area contributed by atoms with Crippen LogP contribution in [0.5, 0.6) is 11.5 Å². The van der Waals surface area contributed by atoms with Crippen molar-refractivity contribution in [2.45, 2.75) is 0 Å². The summed E-state index contributed by atoms with van der Waals surface area (Å²) in [5, 5.41) is 0. The zero-order valence-corrected chi connectivity index (χ0v) is 12.8. The Hall–Kier alpha value is -3.01. The number of benzene rings is 2. The molecule has 0 spiro atoms. The Balaban J connectivity index is 1.61. The Kier molecular flexibility index (Phi) is 4.43. The number of para-hydroxylation sites is 1. The van der Waals surface area contributed by atoms with Crippen LogP contribution in [0.15, 0.2) is 66.8 Å². The van der Waals surface area contributed by atoms with Crippen molar-refractivity contribution in [3.05, 3.63) is 72.3 Å². The first-order valence-corrected chi connectivity index (χ1v) is 7.31. The molecule has 0 atom stereocenters. The second-order valence-electron chi connectivity index (χ2n) is 5.06. The van der Waals surface area contributed by atoms with E-state index in [1.54, 1.807) is 18.0 Å². The lowest BCUT2D eigenvalue weighted by Gasteiger charge is -2.14.